The van der Waals surface area contributed by atoms with Gasteiger partial charge in [-0.1, -0.05) is 41.6 Å². The summed E-state index contributed by atoms with van der Waals surface area (Å²) in [6.07, 6.45) is 4.09. The Morgan fingerprint density at radius 3 is 2.88 bits per heavy atom. The van der Waals surface area contributed by atoms with Gasteiger partial charge in [-0.25, -0.2) is 0 Å². The fourth-order valence-corrected chi connectivity index (χ4v) is 5.45. The largest absolute Gasteiger partial charge is 0.294 e. The lowest BCUT2D eigenvalue weighted by Gasteiger charge is -2.32. The first kappa shape index (κ1) is 13.5. The van der Waals surface area contributed by atoms with Crippen LogP contribution in [0.5, 0.6) is 0 Å². The van der Waals surface area contributed by atoms with Crippen molar-refractivity contribution in [2.24, 2.45) is 11.3 Å². The van der Waals surface area contributed by atoms with Gasteiger partial charge in [0, 0.05) is 16.9 Å². The smallest absolute Gasteiger partial charge is 0.166 e. The molecule has 1 N–H and O–H groups in total. The molecule has 25 heavy (non-hydrogen) atoms. The minimum Gasteiger partial charge on any atom is -0.294 e. The number of H-pyrrole nitrogens is 1. The number of fused-ring (bicyclic) bond motifs is 5. The summed E-state index contributed by atoms with van der Waals surface area (Å²) >= 11 is 0. The third-order valence-electron chi connectivity index (χ3n) is 6.46. The van der Waals surface area contributed by atoms with E-state index in [1.165, 1.54) is 16.7 Å². The molecule has 1 saturated carbocycles. The first-order valence-corrected chi connectivity index (χ1v) is 8.94. The van der Waals surface area contributed by atoms with Crippen molar-refractivity contribution < 1.29 is 4.79 Å². The van der Waals surface area contributed by atoms with Crippen LogP contribution < -0.4 is 0 Å². The maximum Gasteiger partial charge on any atom is 0.166 e. The van der Waals surface area contributed by atoms with Crippen LogP contribution >= 0.6 is 0 Å². The third-order valence-corrected chi connectivity index (χ3v) is 6.46. The molecule has 4 nitrogen and oxygen atoms in total. The molecule has 1 fully saturated rings. The van der Waals surface area contributed by atoms with Crippen molar-refractivity contribution in [3.63, 3.8) is 0 Å². The molecule has 4 heteroatoms. The van der Waals surface area contributed by atoms with Crippen molar-refractivity contribution in [2.45, 2.75) is 25.7 Å². The van der Waals surface area contributed by atoms with Crippen LogP contribution in [0.3, 0.4) is 0 Å². The van der Waals surface area contributed by atoms with Gasteiger partial charge in [0.25, 0.3) is 0 Å². The molecule has 3 aliphatic rings. The van der Waals surface area contributed by atoms with Crippen molar-refractivity contribution in [3.05, 3.63) is 59.2 Å². The van der Waals surface area contributed by atoms with Crippen molar-refractivity contribution in [3.8, 4) is 0 Å². The van der Waals surface area contributed by atoms with E-state index in [2.05, 4.69) is 33.6 Å². The number of rotatable bonds is 1. The zero-order valence-corrected chi connectivity index (χ0v) is 13.7. The molecule has 122 valence electrons. The number of Topliss-reactive ketones (excluding diaryl/α,β-unsaturated/α-hetero) is 1. The Morgan fingerprint density at radius 2 is 2.00 bits per heavy atom. The molecule has 0 saturated heterocycles. The van der Waals surface area contributed by atoms with Crippen LogP contribution in [0.15, 0.2) is 42.5 Å². The summed E-state index contributed by atoms with van der Waals surface area (Å²) in [7, 11) is 0. The molecule has 1 spiro atoms. The molecule has 0 radical (unpaired) electrons. The van der Waals surface area contributed by atoms with Crippen LogP contribution in [0.2, 0.25) is 0 Å². The predicted octanol–water partition coefficient (Wildman–Crippen LogP) is 3.79. The van der Waals surface area contributed by atoms with Gasteiger partial charge in [0.05, 0.1) is 5.52 Å². The molecule has 0 amide bonds. The Hall–Kier alpha value is -2.75. The highest BCUT2D eigenvalue weighted by Crippen LogP contribution is 2.64. The van der Waals surface area contributed by atoms with Crippen LogP contribution in [0.4, 0.5) is 0 Å². The van der Waals surface area contributed by atoms with Crippen LogP contribution in [0, 0.1) is 11.3 Å². The van der Waals surface area contributed by atoms with E-state index in [4.69, 9.17) is 0 Å². The highest BCUT2D eigenvalue weighted by atomic mass is 16.1. The average molecular weight is 327 g/mol. The molecule has 2 bridgehead atoms. The maximum atomic E-state index is 13.3. The molecule has 0 unspecified atom stereocenters. The molecule has 2 aromatic carbocycles. The molecular formula is C21H17N3O. The van der Waals surface area contributed by atoms with Crippen LogP contribution in [-0.2, 0) is 11.2 Å². The Balaban J connectivity index is 1.73. The molecule has 3 aromatic rings. The Morgan fingerprint density at radius 1 is 1.12 bits per heavy atom. The van der Waals surface area contributed by atoms with Crippen molar-refractivity contribution >= 4 is 28.0 Å². The molecule has 2 atom stereocenters. The van der Waals surface area contributed by atoms with Crippen LogP contribution in [0.1, 0.15) is 36.0 Å². The van der Waals surface area contributed by atoms with Gasteiger partial charge in [0.15, 0.2) is 5.78 Å². The number of aromatic amines is 1. The Labute approximate surface area is 144 Å². The summed E-state index contributed by atoms with van der Waals surface area (Å²) in [5, 5.41) is 11.3. The monoisotopic (exact) mass is 327 g/mol. The van der Waals surface area contributed by atoms with Gasteiger partial charge in [0.1, 0.15) is 5.52 Å². The highest BCUT2D eigenvalue weighted by Gasteiger charge is 2.54. The topological polar surface area (TPSA) is 58.6 Å². The number of benzene rings is 2. The van der Waals surface area contributed by atoms with Crippen molar-refractivity contribution in [1.82, 2.24) is 15.4 Å². The minimum absolute atomic E-state index is 0.110. The number of hydrogen-bond donors (Lipinski definition) is 1. The second-order valence-electron chi connectivity index (χ2n) is 7.68. The van der Waals surface area contributed by atoms with E-state index in [0.29, 0.717) is 5.78 Å². The van der Waals surface area contributed by atoms with Crippen LogP contribution in [0.25, 0.3) is 22.2 Å². The lowest BCUT2D eigenvalue weighted by atomic mass is 9.70. The van der Waals surface area contributed by atoms with E-state index in [1.54, 1.807) is 0 Å². The number of allylic oxidation sites excluding steroid dienone is 2. The van der Waals surface area contributed by atoms with E-state index >= 15 is 0 Å². The summed E-state index contributed by atoms with van der Waals surface area (Å²) in [4.78, 5) is 13.3. The summed E-state index contributed by atoms with van der Waals surface area (Å²) in [5.74, 6) is 0.517. The van der Waals surface area contributed by atoms with E-state index in [1.807, 2.05) is 24.3 Å². The minimum atomic E-state index is 0.110. The third kappa shape index (κ3) is 1.60. The van der Waals surface area contributed by atoms with Gasteiger partial charge in [-0.05, 0) is 54.0 Å². The van der Waals surface area contributed by atoms with Gasteiger partial charge in [-0.15, -0.1) is 5.10 Å². The second-order valence-corrected chi connectivity index (χ2v) is 7.68. The predicted molar refractivity (Wildman–Crippen MR) is 95.6 cm³/mol. The average Bonchev–Trinajstić information content (AvgIpc) is 3.33. The normalized spacial score (nSPS) is 27.0. The number of carbonyl (C=O) groups is 1. The van der Waals surface area contributed by atoms with Gasteiger partial charge >= 0.3 is 0 Å². The fraction of sp³-hybridized carbons (Fsp3) is 0.286. The lowest BCUT2D eigenvalue weighted by molar-refractivity contribution is -0.117. The fourth-order valence-electron chi connectivity index (χ4n) is 5.45. The summed E-state index contributed by atoms with van der Waals surface area (Å²) in [6, 6.07) is 14.4. The maximum absolute atomic E-state index is 13.3. The first-order chi connectivity index (χ1) is 12.3. The van der Waals surface area contributed by atoms with Gasteiger partial charge in [-0.3, -0.25) is 9.89 Å². The van der Waals surface area contributed by atoms with Crippen molar-refractivity contribution in [1.29, 1.82) is 0 Å². The molecule has 6 rings (SSSR count). The van der Waals surface area contributed by atoms with Gasteiger partial charge < -0.3 is 0 Å². The van der Waals surface area contributed by atoms with E-state index in [9.17, 15) is 4.79 Å². The molecule has 1 aromatic heterocycles. The zero-order chi connectivity index (χ0) is 16.6. The highest BCUT2D eigenvalue weighted by molar-refractivity contribution is 6.31. The first-order valence-electron chi connectivity index (χ1n) is 8.94. The SMILES string of the molecule is O=C1C(c2ccccc2)=C2c3ccc4[nH]nnc4c3C[C@@]23CC[C@@H]1C3. The van der Waals surface area contributed by atoms with Crippen LogP contribution in [-0.4, -0.2) is 21.2 Å². The quantitative estimate of drug-likeness (QED) is 0.740. The standard InChI is InChI=1S/C21H17N3O/c25-20-13-8-9-21(10-13)11-15-14(6-7-16-19(15)23-24-22-16)18(21)17(20)12-4-2-1-3-5-12/h1-7,13H,8-11H2,(H,22,23,24)/t13-,21+/m1/s1. The summed E-state index contributed by atoms with van der Waals surface area (Å²) < 4.78 is 0. The van der Waals surface area contributed by atoms with E-state index in [0.717, 1.165) is 47.9 Å². The number of ketones is 1. The second kappa shape index (κ2) is 4.45. The lowest BCUT2D eigenvalue weighted by Crippen LogP contribution is -2.27. The summed E-state index contributed by atoms with van der Waals surface area (Å²) in [6.45, 7) is 0. The van der Waals surface area contributed by atoms with Gasteiger partial charge in [-0.2, -0.15) is 0 Å². The molecular weight excluding hydrogens is 310 g/mol. The van der Waals surface area contributed by atoms with E-state index in [-0.39, 0.29) is 11.3 Å². The zero-order valence-electron chi connectivity index (χ0n) is 13.7. The Bertz CT molecular complexity index is 1080. The van der Waals surface area contributed by atoms with E-state index < -0.39 is 0 Å². The Kier molecular flexibility index (Phi) is 2.41. The van der Waals surface area contributed by atoms with Gasteiger partial charge in [0.2, 0.25) is 0 Å². The number of nitrogens with one attached hydrogen (secondary N) is 1. The number of nitrogens with zero attached hydrogens (tertiary/aromatic N) is 2. The number of carbonyl (C=O) groups excluding carboxylic acids is 1. The molecule has 3 aliphatic carbocycles. The van der Waals surface area contributed by atoms with Crippen molar-refractivity contribution in [2.75, 3.05) is 0 Å². The number of aromatic nitrogens is 3. The molecule has 1 heterocycles. The number of hydrogen-bond acceptors (Lipinski definition) is 3. The molecule has 0 aliphatic heterocycles. The summed E-state index contributed by atoms with van der Waals surface area (Å²) in [5.41, 5.74) is 7.84.